The first-order chi connectivity index (χ1) is 18.4. The lowest BCUT2D eigenvalue weighted by molar-refractivity contribution is -0.129. The van der Waals surface area contributed by atoms with Gasteiger partial charge in [0, 0.05) is 30.5 Å². The summed E-state index contributed by atoms with van der Waals surface area (Å²) in [6.45, 7) is 2.29. The third-order valence-electron chi connectivity index (χ3n) is 5.89. The van der Waals surface area contributed by atoms with Crippen LogP contribution in [0.5, 0.6) is 0 Å². The minimum atomic E-state index is -1.05. The molecule has 13 nitrogen and oxygen atoms in total. The van der Waals surface area contributed by atoms with Gasteiger partial charge in [-0.25, -0.2) is 4.79 Å². The zero-order chi connectivity index (χ0) is 27.6. The van der Waals surface area contributed by atoms with Crippen molar-refractivity contribution >= 4 is 47.1 Å². The van der Waals surface area contributed by atoms with Gasteiger partial charge >= 0.3 is 6.03 Å². The summed E-state index contributed by atoms with van der Waals surface area (Å²) in [7, 11) is 0. The number of alkyl halides is 1. The molecule has 0 radical (unpaired) electrons. The van der Waals surface area contributed by atoms with Crippen molar-refractivity contribution in [3.05, 3.63) is 0 Å². The number of urea groups is 1. The molecule has 6 N–H and O–H groups in total. The smallest absolute Gasteiger partial charge is 0.315 e. The molecule has 0 aromatic heterocycles. The van der Waals surface area contributed by atoms with Crippen LogP contribution in [-0.2, 0) is 28.6 Å². The van der Waals surface area contributed by atoms with Gasteiger partial charge in [-0.2, -0.15) is 11.8 Å². The zero-order valence-electron chi connectivity index (χ0n) is 21.5. The highest BCUT2D eigenvalue weighted by Crippen LogP contribution is 2.33. The van der Waals surface area contributed by atoms with Gasteiger partial charge in [0.2, 0.25) is 17.7 Å². The van der Waals surface area contributed by atoms with Crippen LogP contribution in [0.15, 0.2) is 0 Å². The standard InChI is InChI=1S/C23H40ClN5O8S/c24-13-20(32)27-16(14-30)22(33)26-6-8-36-10-12-37-11-9-35-7-5-25-19(31)4-2-1-3-18-21-17(15-38-18)28-23(34)29-21/h16-18,21,30H,1-15H2,(H,25,31)(H,26,33)(H,27,32)(H2,28,29,34)/t16-,17-,18-,21-/m0/s1. The average Bonchev–Trinajstić information content (AvgIpc) is 3.46. The van der Waals surface area contributed by atoms with E-state index in [9.17, 15) is 19.2 Å². The number of ether oxygens (including phenoxy) is 3. The lowest BCUT2D eigenvalue weighted by Gasteiger charge is -2.16. The topological polar surface area (TPSA) is 176 Å². The first-order valence-corrected chi connectivity index (χ1v) is 14.5. The molecule has 5 amide bonds. The summed E-state index contributed by atoms with van der Waals surface area (Å²) in [4.78, 5) is 46.4. The molecule has 15 heteroatoms. The molecule has 2 heterocycles. The second-order valence-electron chi connectivity index (χ2n) is 8.78. The van der Waals surface area contributed by atoms with Crippen LogP contribution in [0.2, 0.25) is 0 Å². The molecule has 2 fully saturated rings. The molecule has 2 aliphatic rings. The fraction of sp³-hybridized carbons (Fsp3) is 0.826. The number of thioether (sulfide) groups is 1. The Labute approximate surface area is 232 Å². The Balaban J connectivity index is 1.31. The van der Waals surface area contributed by atoms with Crippen molar-refractivity contribution in [2.45, 2.75) is 49.1 Å². The van der Waals surface area contributed by atoms with E-state index in [2.05, 4.69) is 26.6 Å². The number of nitrogens with one attached hydrogen (secondary N) is 5. The fourth-order valence-electron chi connectivity index (χ4n) is 3.96. The van der Waals surface area contributed by atoms with Crippen LogP contribution >= 0.6 is 23.4 Å². The van der Waals surface area contributed by atoms with Crippen LogP contribution in [0.4, 0.5) is 4.79 Å². The van der Waals surface area contributed by atoms with Crippen LogP contribution in [0.25, 0.3) is 0 Å². The molecule has 4 atom stereocenters. The fourth-order valence-corrected chi connectivity index (χ4v) is 5.58. The van der Waals surface area contributed by atoms with Crippen LogP contribution < -0.4 is 26.6 Å². The number of hydrogen-bond donors (Lipinski definition) is 6. The lowest BCUT2D eigenvalue weighted by Crippen LogP contribution is -2.49. The predicted molar refractivity (Wildman–Crippen MR) is 142 cm³/mol. The number of carbonyl (C=O) groups is 4. The van der Waals surface area contributed by atoms with Crippen LogP contribution in [0, 0.1) is 0 Å². The third-order valence-corrected chi connectivity index (χ3v) is 7.65. The van der Waals surface area contributed by atoms with E-state index in [0.717, 1.165) is 25.0 Å². The SMILES string of the molecule is O=C(CCCC[C@@H]1SC[C@@H]2NC(=O)N[C@@H]21)NCCOCCOCCOCCNC(=O)[C@H](CO)NC(=O)CCl. The monoisotopic (exact) mass is 581 g/mol. The van der Waals surface area contributed by atoms with Crippen molar-refractivity contribution in [1.29, 1.82) is 0 Å². The number of hydrogen-bond acceptors (Lipinski definition) is 9. The van der Waals surface area contributed by atoms with E-state index >= 15 is 0 Å². The van der Waals surface area contributed by atoms with E-state index in [1.165, 1.54) is 0 Å². The molecular formula is C23H40ClN5O8S. The van der Waals surface area contributed by atoms with Crippen molar-refractivity contribution in [2.75, 3.05) is 71.0 Å². The van der Waals surface area contributed by atoms with Gasteiger partial charge in [0.15, 0.2) is 0 Å². The number of amides is 5. The number of unbranched alkanes of at least 4 members (excludes halogenated alkanes) is 1. The van der Waals surface area contributed by atoms with E-state index in [4.69, 9.17) is 30.9 Å². The number of fused-ring (bicyclic) bond motifs is 1. The minimum Gasteiger partial charge on any atom is -0.394 e. The van der Waals surface area contributed by atoms with E-state index < -0.39 is 24.5 Å². The molecule has 0 bridgehead atoms. The molecule has 0 aromatic rings. The summed E-state index contributed by atoms with van der Waals surface area (Å²) in [6.07, 6.45) is 3.25. The molecule has 2 aliphatic heterocycles. The summed E-state index contributed by atoms with van der Waals surface area (Å²) in [5.41, 5.74) is 0. The van der Waals surface area contributed by atoms with Gasteiger partial charge in [-0.1, -0.05) is 6.42 Å². The van der Waals surface area contributed by atoms with Gasteiger partial charge in [0.25, 0.3) is 0 Å². The zero-order valence-corrected chi connectivity index (χ0v) is 23.1. The highest BCUT2D eigenvalue weighted by atomic mass is 35.5. The molecule has 2 rings (SSSR count). The lowest BCUT2D eigenvalue weighted by atomic mass is 10.0. The summed E-state index contributed by atoms with van der Waals surface area (Å²) < 4.78 is 16.2. The Hall–Kier alpha value is -1.84. The van der Waals surface area contributed by atoms with Crippen molar-refractivity contribution in [2.24, 2.45) is 0 Å². The maximum Gasteiger partial charge on any atom is 0.315 e. The molecule has 0 unspecified atom stereocenters. The molecule has 0 spiro atoms. The Morgan fingerprint density at radius 1 is 0.974 bits per heavy atom. The van der Waals surface area contributed by atoms with Crippen molar-refractivity contribution in [3.63, 3.8) is 0 Å². The van der Waals surface area contributed by atoms with Crippen molar-refractivity contribution in [1.82, 2.24) is 26.6 Å². The largest absolute Gasteiger partial charge is 0.394 e. The summed E-state index contributed by atoms with van der Waals surface area (Å²) >= 11 is 7.24. The van der Waals surface area contributed by atoms with Crippen molar-refractivity contribution in [3.8, 4) is 0 Å². The van der Waals surface area contributed by atoms with E-state index in [1.807, 2.05) is 11.8 Å². The first kappa shape index (κ1) is 32.4. The predicted octanol–water partition coefficient (Wildman–Crippen LogP) is -1.29. The van der Waals surface area contributed by atoms with Crippen molar-refractivity contribution < 1.29 is 38.5 Å². The number of carbonyl (C=O) groups excluding carboxylic acids is 4. The average molecular weight is 582 g/mol. The van der Waals surface area contributed by atoms with E-state index in [-0.39, 0.29) is 43.1 Å². The molecule has 218 valence electrons. The highest BCUT2D eigenvalue weighted by molar-refractivity contribution is 8.00. The Kier molecular flexibility index (Phi) is 16.4. The molecular weight excluding hydrogens is 542 g/mol. The Morgan fingerprint density at radius 3 is 2.29 bits per heavy atom. The van der Waals surface area contributed by atoms with Crippen LogP contribution in [-0.4, -0.2) is 123 Å². The summed E-state index contributed by atoms with van der Waals surface area (Å²) in [5, 5.41) is 23.2. The van der Waals surface area contributed by atoms with E-state index in [1.54, 1.807) is 0 Å². The van der Waals surface area contributed by atoms with E-state index in [0.29, 0.717) is 51.2 Å². The Bertz CT molecular complexity index is 753. The molecule has 38 heavy (non-hydrogen) atoms. The second-order valence-corrected chi connectivity index (χ2v) is 10.3. The number of rotatable bonds is 21. The number of halogens is 1. The summed E-state index contributed by atoms with van der Waals surface area (Å²) in [6, 6.07) is -0.679. The number of aliphatic hydroxyl groups is 1. The first-order valence-electron chi connectivity index (χ1n) is 12.9. The summed E-state index contributed by atoms with van der Waals surface area (Å²) in [5.74, 6) is -0.393. The molecule has 0 aliphatic carbocycles. The van der Waals surface area contributed by atoms with Gasteiger partial charge in [-0.05, 0) is 12.8 Å². The Morgan fingerprint density at radius 2 is 1.63 bits per heavy atom. The van der Waals surface area contributed by atoms with Gasteiger partial charge in [-0.15, -0.1) is 11.6 Å². The quantitative estimate of drug-likeness (QED) is 0.0547. The van der Waals surface area contributed by atoms with Gasteiger partial charge in [-0.3, -0.25) is 14.4 Å². The molecule has 0 saturated carbocycles. The van der Waals surface area contributed by atoms with Crippen LogP contribution in [0.3, 0.4) is 0 Å². The second kappa shape index (κ2) is 19.3. The maximum absolute atomic E-state index is 12.0. The van der Waals surface area contributed by atoms with Gasteiger partial charge in [0.05, 0.1) is 58.3 Å². The molecule has 0 aromatic carbocycles. The number of aliphatic hydroxyl groups excluding tert-OH is 1. The minimum absolute atomic E-state index is 0.0119. The van der Waals surface area contributed by atoms with Crippen LogP contribution in [0.1, 0.15) is 25.7 Å². The van der Waals surface area contributed by atoms with Gasteiger partial charge < -0.3 is 45.9 Å². The highest BCUT2D eigenvalue weighted by Gasteiger charge is 2.42. The van der Waals surface area contributed by atoms with Gasteiger partial charge in [0.1, 0.15) is 11.9 Å². The maximum atomic E-state index is 12.0. The normalized spacial score (nSPS) is 20.8. The molecule has 2 saturated heterocycles. The third kappa shape index (κ3) is 12.8.